The maximum Gasteiger partial charge on any atom is 0.260 e. The summed E-state index contributed by atoms with van der Waals surface area (Å²) >= 11 is 9.33. The van der Waals surface area contributed by atoms with E-state index in [0.717, 1.165) is 15.6 Å². The Hall–Kier alpha value is -1.85. The van der Waals surface area contributed by atoms with Crippen molar-refractivity contribution in [1.82, 2.24) is 10.1 Å². The molecule has 0 fully saturated rings. The number of hydrogen-bond acceptors (Lipinski definition) is 4. The van der Waals surface area contributed by atoms with Crippen molar-refractivity contribution in [2.45, 2.75) is 6.42 Å². The first-order chi connectivity index (χ1) is 10.1. The molecule has 6 heteroatoms. The predicted molar refractivity (Wildman–Crippen MR) is 86.1 cm³/mol. The quantitative estimate of drug-likeness (QED) is 0.703. The fourth-order valence-corrected chi connectivity index (χ4v) is 2.58. The summed E-state index contributed by atoms with van der Waals surface area (Å²) in [6, 6.07) is 13.1. The van der Waals surface area contributed by atoms with Crippen molar-refractivity contribution in [3.63, 3.8) is 0 Å². The molecule has 3 aromatic rings. The standard InChI is InChI=1S/C15H11BrClN3O/c16-10-4-5-12(13(18)8-10)15-19-14(20-21-15)7-9-2-1-3-11(17)6-9/h1-6,8H,7,18H2. The summed E-state index contributed by atoms with van der Waals surface area (Å²) in [7, 11) is 0. The minimum absolute atomic E-state index is 0.414. The van der Waals surface area contributed by atoms with E-state index < -0.39 is 0 Å². The Bertz CT molecular complexity index is 788. The zero-order chi connectivity index (χ0) is 14.8. The highest BCUT2D eigenvalue weighted by molar-refractivity contribution is 9.10. The van der Waals surface area contributed by atoms with Gasteiger partial charge in [0, 0.05) is 21.6 Å². The second-order valence-electron chi connectivity index (χ2n) is 4.55. The third-order valence-electron chi connectivity index (χ3n) is 2.96. The number of halogens is 2. The molecule has 0 radical (unpaired) electrons. The van der Waals surface area contributed by atoms with Crippen LogP contribution in [0.2, 0.25) is 5.02 Å². The molecule has 0 spiro atoms. The van der Waals surface area contributed by atoms with Crippen LogP contribution >= 0.6 is 27.5 Å². The van der Waals surface area contributed by atoms with Crippen molar-refractivity contribution in [3.05, 3.63) is 63.3 Å². The van der Waals surface area contributed by atoms with Crippen molar-refractivity contribution in [2.75, 3.05) is 5.73 Å². The molecule has 0 saturated heterocycles. The van der Waals surface area contributed by atoms with E-state index in [2.05, 4.69) is 26.1 Å². The van der Waals surface area contributed by atoms with Gasteiger partial charge in [0.2, 0.25) is 0 Å². The smallest absolute Gasteiger partial charge is 0.260 e. The Balaban J connectivity index is 1.86. The molecule has 0 aliphatic heterocycles. The molecule has 2 aromatic carbocycles. The minimum Gasteiger partial charge on any atom is -0.398 e. The first-order valence-corrected chi connectivity index (χ1v) is 7.41. The topological polar surface area (TPSA) is 64.9 Å². The van der Waals surface area contributed by atoms with E-state index >= 15 is 0 Å². The molecular formula is C15H11BrClN3O. The SMILES string of the molecule is Nc1cc(Br)ccc1-c1nc(Cc2cccc(Cl)c2)no1. The van der Waals surface area contributed by atoms with Crippen LogP contribution < -0.4 is 5.73 Å². The van der Waals surface area contributed by atoms with Crippen molar-refractivity contribution in [3.8, 4) is 11.5 Å². The molecule has 0 atom stereocenters. The van der Waals surface area contributed by atoms with E-state index in [1.165, 1.54) is 0 Å². The van der Waals surface area contributed by atoms with Crippen LogP contribution in [0.5, 0.6) is 0 Å². The van der Waals surface area contributed by atoms with Gasteiger partial charge in [-0.25, -0.2) is 0 Å². The van der Waals surface area contributed by atoms with Gasteiger partial charge in [-0.1, -0.05) is 44.8 Å². The van der Waals surface area contributed by atoms with E-state index in [4.69, 9.17) is 21.9 Å². The van der Waals surface area contributed by atoms with E-state index in [-0.39, 0.29) is 0 Å². The third-order valence-corrected chi connectivity index (χ3v) is 3.69. The molecule has 0 unspecified atom stereocenters. The van der Waals surface area contributed by atoms with Crippen molar-refractivity contribution < 1.29 is 4.52 Å². The Kier molecular flexibility index (Phi) is 3.94. The van der Waals surface area contributed by atoms with Gasteiger partial charge in [-0.2, -0.15) is 4.98 Å². The van der Waals surface area contributed by atoms with Crippen LogP contribution in [0.1, 0.15) is 11.4 Å². The number of hydrogen-bond donors (Lipinski definition) is 1. The summed E-state index contributed by atoms with van der Waals surface area (Å²) in [5.74, 6) is 1.01. The highest BCUT2D eigenvalue weighted by atomic mass is 79.9. The number of nitrogens with two attached hydrogens (primary N) is 1. The van der Waals surface area contributed by atoms with Gasteiger partial charge in [0.25, 0.3) is 5.89 Å². The molecular weight excluding hydrogens is 354 g/mol. The average Bonchev–Trinajstić information content (AvgIpc) is 2.87. The molecule has 1 heterocycles. The molecule has 106 valence electrons. The van der Waals surface area contributed by atoms with Gasteiger partial charge in [-0.05, 0) is 35.9 Å². The summed E-state index contributed by atoms with van der Waals surface area (Å²) in [5.41, 5.74) is 8.30. The summed E-state index contributed by atoms with van der Waals surface area (Å²) in [5, 5.41) is 4.67. The molecule has 0 aliphatic rings. The first-order valence-electron chi connectivity index (χ1n) is 6.24. The second kappa shape index (κ2) is 5.87. The lowest BCUT2D eigenvalue weighted by molar-refractivity contribution is 0.424. The van der Waals surface area contributed by atoms with E-state index in [9.17, 15) is 0 Å². The van der Waals surface area contributed by atoms with Crippen molar-refractivity contribution in [2.24, 2.45) is 0 Å². The monoisotopic (exact) mass is 363 g/mol. The Morgan fingerprint density at radius 1 is 1.19 bits per heavy atom. The van der Waals surface area contributed by atoms with Gasteiger partial charge in [0.15, 0.2) is 5.82 Å². The number of nitrogens with zero attached hydrogens (tertiary/aromatic N) is 2. The molecule has 4 nitrogen and oxygen atoms in total. The Morgan fingerprint density at radius 2 is 2.05 bits per heavy atom. The van der Waals surface area contributed by atoms with Crippen molar-refractivity contribution >= 4 is 33.2 Å². The van der Waals surface area contributed by atoms with Crippen LogP contribution in [0.15, 0.2) is 51.5 Å². The fourth-order valence-electron chi connectivity index (χ4n) is 1.99. The highest BCUT2D eigenvalue weighted by Gasteiger charge is 2.12. The van der Waals surface area contributed by atoms with E-state index in [0.29, 0.717) is 28.8 Å². The van der Waals surface area contributed by atoms with Crippen LogP contribution in [-0.4, -0.2) is 10.1 Å². The first kappa shape index (κ1) is 14.1. The summed E-state index contributed by atoms with van der Waals surface area (Å²) in [6.07, 6.45) is 0.556. The van der Waals surface area contributed by atoms with Gasteiger partial charge < -0.3 is 10.3 Å². The van der Waals surface area contributed by atoms with Gasteiger partial charge in [0.1, 0.15) is 0 Å². The third kappa shape index (κ3) is 3.25. The van der Waals surface area contributed by atoms with Gasteiger partial charge in [-0.3, -0.25) is 0 Å². The zero-order valence-corrected chi connectivity index (χ0v) is 13.2. The number of nitrogen functional groups attached to an aromatic ring is 1. The molecule has 0 bridgehead atoms. The molecule has 1 aromatic heterocycles. The highest BCUT2D eigenvalue weighted by Crippen LogP contribution is 2.27. The van der Waals surface area contributed by atoms with Crippen LogP contribution in [0.25, 0.3) is 11.5 Å². The van der Waals surface area contributed by atoms with Gasteiger partial charge >= 0.3 is 0 Å². The second-order valence-corrected chi connectivity index (χ2v) is 5.91. The van der Waals surface area contributed by atoms with E-state index in [1.807, 2.05) is 36.4 Å². The number of benzene rings is 2. The van der Waals surface area contributed by atoms with E-state index in [1.54, 1.807) is 6.07 Å². The number of anilines is 1. The van der Waals surface area contributed by atoms with Crippen LogP contribution in [0.3, 0.4) is 0 Å². The van der Waals surface area contributed by atoms with Gasteiger partial charge in [-0.15, -0.1) is 0 Å². The zero-order valence-electron chi connectivity index (χ0n) is 10.9. The number of aromatic nitrogens is 2. The summed E-state index contributed by atoms with van der Waals surface area (Å²) in [6.45, 7) is 0. The fraction of sp³-hybridized carbons (Fsp3) is 0.0667. The van der Waals surface area contributed by atoms with Crippen LogP contribution in [0.4, 0.5) is 5.69 Å². The minimum atomic E-state index is 0.414. The molecule has 3 rings (SSSR count). The Labute approximate surface area is 135 Å². The van der Waals surface area contributed by atoms with Crippen LogP contribution in [0, 0.1) is 0 Å². The lowest BCUT2D eigenvalue weighted by atomic mass is 10.1. The summed E-state index contributed by atoms with van der Waals surface area (Å²) < 4.78 is 6.19. The maximum absolute atomic E-state index is 5.96. The lowest BCUT2D eigenvalue weighted by Gasteiger charge is -2.00. The molecule has 0 amide bonds. The molecule has 0 aliphatic carbocycles. The Morgan fingerprint density at radius 3 is 2.81 bits per heavy atom. The largest absolute Gasteiger partial charge is 0.398 e. The molecule has 2 N–H and O–H groups in total. The van der Waals surface area contributed by atoms with Crippen LogP contribution in [-0.2, 0) is 6.42 Å². The number of rotatable bonds is 3. The van der Waals surface area contributed by atoms with Gasteiger partial charge in [0.05, 0.1) is 5.56 Å². The lowest BCUT2D eigenvalue weighted by Crippen LogP contribution is -1.92. The van der Waals surface area contributed by atoms with Crippen molar-refractivity contribution in [1.29, 1.82) is 0 Å². The predicted octanol–water partition coefficient (Wildman–Crippen LogP) is 4.33. The molecule has 21 heavy (non-hydrogen) atoms. The maximum atomic E-state index is 5.96. The average molecular weight is 365 g/mol. The molecule has 0 saturated carbocycles. The normalized spacial score (nSPS) is 10.8. The summed E-state index contributed by atoms with van der Waals surface area (Å²) in [4.78, 5) is 4.38.